The number of nitrogens with one attached hydrogen (secondary N) is 1. The summed E-state index contributed by atoms with van der Waals surface area (Å²) in [5.41, 5.74) is 0. The Morgan fingerprint density at radius 1 is 1.44 bits per heavy atom. The maximum atomic E-state index is 12.4. The first kappa shape index (κ1) is 13.9. The molecule has 1 aliphatic rings. The van der Waals surface area contributed by atoms with E-state index in [-0.39, 0.29) is 17.3 Å². The van der Waals surface area contributed by atoms with E-state index in [1.165, 1.54) is 0 Å². The Hall–Kier alpha value is -0.130. The normalized spacial score (nSPS) is 29.5. The molecule has 0 spiro atoms. The molecule has 3 atom stereocenters. The molecular weight excluding hydrogens is 224 g/mol. The third-order valence-electron chi connectivity index (χ3n) is 3.48. The van der Waals surface area contributed by atoms with Crippen molar-refractivity contribution in [1.82, 2.24) is 9.62 Å². The van der Waals surface area contributed by atoms with E-state index < -0.39 is 10.0 Å². The van der Waals surface area contributed by atoms with E-state index in [4.69, 9.17) is 0 Å². The maximum Gasteiger partial charge on any atom is 0.218 e. The zero-order chi connectivity index (χ0) is 12.3. The zero-order valence-corrected chi connectivity index (χ0v) is 11.5. The molecule has 1 fully saturated rings. The van der Waals surface area contributed by atoms with E-state index in [1.54, 1.807) is 18.3 Å². The van der Waals surface area contributed by atoms with Gasteiger partial charge in [-0.25, -0.2) is 8.42 Å². The number of rotatable bonds is 5. The third kappa shape index (κ3) is 2.57. The van der Waals surface area contributed by atoms with E-state index >= 15 is 0 Å². The molecule has 3 unspecified atom stereocenters. The van der Waals surface area contributed by atoms with E-state index in [9.17, 15) is 8.42 Å². The van der Waals surface area contributed by atoms with Crippen molar-refractivity contribution < 1.29 is 8.42 Å². The molecule has 4 nitrogen and oxygen atoms in total. The van der Waals surface area contributed by atoms with Crippen LogP contribution in [-0.2, 0) is 10.0 Å². The molecule has 5 heteroatoms. The molecule has 1 aliphatic heterocycles. The Balaban J connectivity index is 2.88. The number of hydrogen-bond donors (Lipinski definition) is 1. The van der Waals surface area contributed by atoms with Gasteiger partial charge in [0.2, 0.25) is 10.0 Å². The molecule has 0 radical (unpaired) electrons. The molecule has 0 amide bonds. The molecule has 1 heterocycles. The number of hydrogen-bond acceptors (Lipinski definition) is 3. The number of nitrogens with zero attached hydrogens (tertiary/aromatic N) is 1. The fourth-order valence-electron chi connectivity index (χ4n) is 2.49. The van der Waals surface area contributed by atoms with E-state index in [0.717, 1.165) is 19.3 Å². The maximum absolute atomic E-state index is 12.4. The SMILES string of the molecule is CCC1CCC(C)N1S(=O)(=O)C(C)CNC. The minimum Gasteiger partial charge on any atom is -0.318 e. The van der Waals surface area contributed by atoms with Crippen LogP contribution in [0.25, 0.3) is 0 Å². The topological polar surface area (TPSA) is 49.4 Å². The lowest BCUT2D eigenvalue weighted by molar-refractivity contribution is 0.324. The quantitative estimate of drug-likeness (QED) is 0.795. The lowest BCUT2D eigenvalue weighted by Gasteiger charge is -2.30. The molecular formula is C11H24N2O2S. The summed E-state index contributed by atoms with van der Waals surface area (Å²) in [5, 5.41) is 2.60. The molecule has 96 valence electrons. The fourth-order valence-corrected chi connectivity index (χ4v) is 4.56. The summed E-state index contributed by atoms with van der Waals surface area (Å²) in [6.07, 6.45) is 2.91. The third-order valence-corrected chi connectivity index (χ3v) is 5.91. The Bertz CT molecular complexity index is 316. The molecule has 16 heavy (non-hydrogen) atoms. The predicted octanol–water partition coefficient (Wildman–Crippen LogP) is 1.19. The molecule has 0 aromatic rings. The van der Waals surface area contributed by atoms with Crippen LogP contribution in [0.15, 0.2) is 0 Å². The molecule has 1 saturated heterocycles. The summed E-state index contributed by atoms with van der Waals surface area (Å²) >= 11 is 0. The van der Waals surface area contributed by atoms with Gasteiger partial charge in [0.1, 0.15) is 0 Å². The van der Waals surface area contributed by atoms with Crippen molar-refractivity contribution in [1.29, 1.82) is 0 Å². The van der Waals surface area contributed by atoms with Crippen molar-refractivity contribution in [2.45, 2.75) is 57.4 Å². The summed E-state index contributed by atoms with van der Waals surface area (Å²) in [5.74, 6) is 0. The van der Waals surface area contributed by atoms with Crippen molar-refractivity contribution in [3.63, 3.8) is 0 Å². The second-order valence-corrected chi connectivity index (χ2v) is 6.99. The van der Waals surface area contributed by atoms with E-state index in [2.05, 4.69) is 12.2 Å². The predicted molar refractivity (Wildman–Crippen MR) is 66.9 cm³/mol. The molecule has 0 aliphatic carbocycles. The van der Waals surface area contributed by atoms with Gasteiger partial charge in [-0.3, -0.25) is 0 Å². The van der Waals surface area contributed by atoms with Gasteiger partial charge in [0.05, 0.1) is 5.25 Å². The summed E-state index contributed by atoms with van der Waals surface area (Å²) in [7, 11) is -1.35. The Kier molecular flexibility index (Phi) is 4.76. The van der Waals surface area contributed by atoms with Crippen LogP contribution in [0.4, 0.5) is 0 Å². The molecule has 0 aromatic heterocycles. The van der Waals surface area contributed by atoms with Crippen molar-refractivity contribution in [3.05, 3.63) is 0 Å². The second-order valence-electron chi connectivity index (χ2n) is 4.73. The van der Waals surface area contributed by atoms with Crippen molar-refractivity contribution in [2.75, 3.05) is 13.6 Å². The average molecular weight is 248 g/mol. The molecule has 1 N–H and O–H groups in total. The highest BCUT2D eigenvalue weighted by Crippen LogP contribution is 2.30. The van der Waals surface area contributed by atoms with Gasteiger partial charge in [0, 0.05) is 18.6 Å². The highest BCUT2D eigenvalue weighted by molar-refractivity contribution is 7.89. The highest BCUT2D eigenvalue weighted by atomic mass is 32.2. The van der Waals surface area contributed by atoms with Crippen LogP contribution < -0.4 is 5.32 Å². The van der Waals surface area contributed by atoms with Crippen LogP contribution >= 0.6 is 0 Å². The standard InChI is InChI=1S/C11H24N2O2S/c1-5-11-7-6-9(2)13(11)16(14,15)10(3)8-12-4/h9-12H,5-8H2,1-4H3. The lowest BCUT2D eigenvalue weighted by Crippen LogP contribution is -2.46. The van der Waals surface area contributed by atoms with Crippen LogP contribution in [-0.4, -0.2) is 43.6 Å². The van der Waals surface area contributed by atoms with Gasteiger partial charge >= 0.3 is 0 Å². The van der Waals surface area contributed by atoms with Gasteiger partial charge in [-0.1, -0.05) is 6.92 Å². The van der Waals surface area contributed by atoms with Crippen LogP contribution in [0.3, 0.4) is 0 Å². The minimum atomic E-state index is -3.14. The van der Waals surface area contributed by atoms with Gasteiger partial charge in [0.25, 0.3) is 0 Å². The van der Waals surface area contributed by atoms with Crippen LogP contribution in [0.2, 0.25) is 0 Å². The van der Waals surface area contributed by atoms with Crippen LogP contribution in [0.1, 0.15) is 40.0 Å². The van der Waals surface area contributed by atoms with E-state index in [1.807, 2.05) is 6.92 Å². The van der Waals surface area contributed by atoms with Crippen LogP contribution in [0.5, 0.6) is 0 Å². The first-order valence-corrected chi connectivity index (χ1v) is 7.62. The lowest BCUT2D eigenvalue weighted by atomic mass is 10.2. The number of sulfonamides is 1. The first-order valence-electron chi connectivity index (χ1n) is 6.12. The molecule has 0 bridgehead atoms. The Labute approximate surface area is 99.5 Å². The first-order chi connectivity index (χ1) is 7.45. The van der Waals surface area contributed by atoms with Gasteiger partial charge in [-0.05, 0) is 40.2 Å². The van der Waals surface area contributed by atoms with Crippen LogP contribution in [0, 0.1) is 0 Å². The van der Waals surface area contributed by atoms with Gasteiger partial charge in [0.15, 0.2) is 0 Å². The molecule has 0 saturated carbocycles. The molecule has 1 rings (SSSR count). The Morgan fingerprint density at radius 3 is 2.56 bits per heavy atom. The summed E-state index contributed by atoms with van der Waals surface area (Å²) in [6.45, 7) is 6.37. The van der Waals surface area contributed by atoms with Crippen molar-refractivity contribution in [3.8, 4) is 0 Å². The average Bonchev–Trinajstić information content (AvgIpc) is 2.60. The minimum absolute atomic E-state index is 0.161. The Morgan fingerprint density at radius 2 is 2.06 bits per heavy atom. The fraction of sp³-hybridized carbons (Fsp3) is 1.00. The second kappa shape index (κ2) is 5.47. The largest absolute Gasteiger partial charge is 0.318 e. The summed E-state index contributed by atoms with van der Waals surface area (Å²) in [6, 6.07) is 0.369. The van der Waals surface area contributed by atoms with Crippen molar-refractivity contribution in [2.24, 2.45) is 0 Å². The highest BCUT2D eigenvalue weighted by Gasteiger charge is 2.40. The smallest absolute Gasteiger partial charge is 0.218 e. The summed E-state index contributed by atoms with van der Waals surface area (Å²) in [4.78, 5) is 0. The zero-order valence-electron chi connectivity index (χ0n) is 10.7. The van der Waals surface area contributed by atoms with E-state index in [0.29, 0.717) is 6.54 Å². The van der Waals surface area contributed by atoms with Crippen molar-refractivity contribution >= 4 is 10.0 Å². The summed E-state index contributed by atoms with van der Waals surface area (Å²) < 4.78 is 26.5. The monoisotopic (exact) mass is 248 g/mol. The van der Waals surface area contributed by atoms with Gasteiger partial charge < -0.3 is 5.32 Å². The molecule has 0 aromatic carbocycles. The van der Waals surface area contributed by atoms with Gasteiger partial charge in [-0.2, -0.15) is 4.31 Å². The van der Waals surface area contributed by atoms with Gasteiger partial charge in [-0.15, -0.1) is 0 Å².